The van der Waals surface area contributed by atoms with E-state index in [2.05, 4.69) is 4.72 Å². The van der Waals surface area contributed by atoms with Crippen LogP contribution in [-0.2, 0) is 16.6 Å². The van der Waals surface area contributed by atoms with Gasteiger partial charge in [-0.25, -0.2) is 13.1 Å². The largest absolute Gasteiger partial charge is 0.545 e. The van der Waals surface area contributed by atoms with E-state index in [-0.39, 0.29) is 17.0 Å². The summed E-state index contributed by atoms with van der Waals surface area (Å²) in [5.41, 5.74) is 2.65. The molecule has 22 heavy (non-hydrogen) atoms. The number of carboxylic acids is 1. The Kier molecular flexibility index (Phi) is 4.63. The van der Waals surface area contributed by atoms with E-state index in [0.717, 1.165) is 11.1 Å². The first-order valence-corrected chi connectivity index (χ1v) is 8.15. The van der Waals surface area contributed by atoms with Crippen molar-refractivity contribution in [1.82, 2.24) is 4.72 Å². The van der Waals surface area contributed by atoms with Crippen LogP contribution in [0, 0.1) is 13.8 Å². The van der Waals surface area contributed by atoms with Crippen molar-refractivity contribution in [1.29, 1.82) is 0 Å². The minimum absolute atomic E-state index is 0.0563. The maximum atomic E-state index is 12.2. The van der Waals surface area contributed by atoms with Crippen LogP contribution in [0.3, 0.4) is 0 Å². The number of hydrogen-bond acceptors (Lipinski definition) is 4. The molecule has 0 aliphatic heterocycles. The summed E-state index contributed by atoms with van der Waals surface area (Å²) in [5.74, 6) is -1.26. The Hall–Kier alpha value is -2.18. The Bertz CT molecular complexity index is 795. The van der Waals surface area contributed by atoms with Gasteiger partial charge in [0.05, 0.1) is 10.9 Å². The summed E-state index contributed by atoms with van der Waals surface area (Å²) in [6.45, 7) is 3.85. The van der Waals surface area contributed by atoms with Crippen molar-refractivity contribution in [2.45, 2.75) is 25.3 Å². The maximum Gasteiger partial charge on any atom is 0.240 e. The normalized spacial score (nSPS) is 11.4. The zero-order valence-electron chi connectivity index (χ0n) is 12.3. The van der Waals surface area contributed by atoms with Crippen LogP contribution in [0.2, 0.25) is 0 Å². The molecule has 2 aromatic rings. The van der Waals surface area contributed by atoms with Crippen molar-refractivity contribution in [3.63, 3.8) is 0 Å². The van der Waals surface area contributed by atoms with E-state index in [1.165, 1.54) is 12.1 Å². The zero-order valence-corrected chi connectivity index (χ0v) is 13.1. The van der Waals surface area contributed by atoms with E-state index in [4.69, 9.17) is 0 Å². The van der Waals surface area contributed by atoms with Crippen molar-refractivity contribution in [2.24, 2.45) is 0 Å². The fourth-order valence-electron chi connectivity index (χ4n) is 1.90. The lowest BCUT2D eigenvalue weighted by atomic mass is 10.1. The van der Waals surface area contributed by atoms with Gasteiger partial charge in [0.2, 0.25) is 10.0 Å². The topological polar surface area (TPSA) is 86.3 Å². The molecule has 0 aliphatic carbocycles. The summed E-state index contributed by atoms with van der Waals surface area (Å²) < 4.78 is 27.0. The van der Waals surface area contributed by atoms with Crippen LogP contribution < -0.4 is 9.83 Å². The summed E-state index contributed by atoms with van der Waals surface area (Å²) in [5, 5.41) is 10.7. The molecule has 116 valence electrons. The van der Waals surface area contributed by atoms with Crippen LogP contribution >= 0.6 is 0 Å². The second kappa shape index (κ2) is 6.29. The molecular formula is C16H16NO4S-. The lowest BCUT2D eigenvalue weighted by Crippen LogP contribution is -2.24. The SMILES string of the molecule is Cc1ccc(S(=O)(=O)NCc2ccc(C(=O)[O-])cc2)cc1C. The number of aryl methyl sites for hydroxylation is 2. The third kappa shape index (κ3) is 3.72. The molecule has 2 rings (SSSR count). The zero-order chi connectivity index (χ0) is 16.3. The van der Waals surface area contributed by atoms with Gasteiger partial charge in [-0.1, -0.05) is 30.3 Å². The number of rotatable bonds is 5. The highest BCUT2D eigenvalue weighted by atomic mass is 32.2. The van der Waals surface area contributed by atoms with Gasteiger partial charge in [0.15, 0.2) is 0 Å². The van der Waals surface area contributed by atoms with E-state index in [9.17, 15) is 18.3 Å². The fraction of sp³-hybridized carbons (Fsp3) is 0.188. The second-order valence-electron chi connectivity index (χ2n) is 5.05. The fourth-order valence-corrected chi connectivity index (χ4v) is 3.00. The van der Waals surface area contributed by atoms with E-state index in [0.29, 0.717) is 5.56 Å². The van der Waals surface area contributed by atoms with Gasteiger partial charge < -0.3 is 9.90 Å². The number of carboxylic acid groups (broad SMARTS) is 1. The molecule has 2 aromatic carbocycles. The van der Waals surface area contributed by atoms with Crippen molar-refractivity contribution >= 4 is 16.0 Å². The molecule has 0 aliphatic rings. The van der Waals surface area contributed by atoms with Crippen molar-refractivity contribution in [2.75, 3.05) is 0 Å². The third-order valence-electron chi connectivity index (χ3n) is 3.44. The minimum atomic E-state index is -3.60. The number of nitrogens with one attached hydrogen (secondary N) is 1. The summed E-state index contributed by atoms with van der Waals surface area (Å²) >= 11 is 0. The molecule has 0 amide bonds. The summed E-state index contributed by atoms with van der Waals surface area (Å²) in [7, 11) is -3.60. The first kappa shape index (κ1) is 16.2. The highest BCUT2D eigenvalue weighted by Gasteiger charge is 2.14. The Labute approximate surface area is 129 Å². The Morgan fingerprint density at radius 2 is 1.68 bits per heavy atom. The number of benzene rings is 2. The molecule has 0 spiro atoms. The average Bonchev–Trinajstić information content (AvgIpc) is 2.48. The molecule has 0 aromatic heterocycles. The molecular weight excluding hydrogens is 302 g/mol. The molecule has 0 atom stereocenters. The van der Waals surface area contributed by atoms with Gasteiger partial charge in [-0.3, -0.25) is 0 Å². The Balaban J connectivity index is 2.12. The van der Waals surface area contributed by atoms with Gasteiger partial charge >= 0.3 is 0 Å². The van der Waals surface area contributed by atoms with Gasteiger partial charge in [-0.15, -0.1) is 0 Å². The van der Waals surface area contributed by atoms with Gasteiger partial charge in [0.25, 0.3) is 0 Å². The summed E-state index contributed by atoms with van der Waals surface area (Å²) in [6.07, 6.45) is 0. The first-order valence-electron chi connectivity index (χ1n) is 6.67. The van der Waals surface area contributed by atoms with Crippen molar-refractivity contribution in [3.8, 4) is 0 Å². The summed E-state index contributed by atoms with van der Waals surface area (Å²) in [6, 6.07) is 10.8. The smallest absolute Gasteiger partial charge is 0.240 e. The van der Waals surface area contributed by atoms with Gasteiger partial charge in [0.1, 0.15) is 0 Å². The maximum absolute atomic E-state index is 12.2. The van der Waals surface area contributed by atoms with Gasteiger partial charge in [-0.2, -0.15) is 0 Å². The number of carbonyl (C=O) groups excluding carboxylic acids is 1. The lowest BCUT2D eigenvalue weighted by Gasteiger charge is -2.09. The lowest BCUT2D eigenvalue weighted by molar-refractivity contribution is -0.255. The molecule has 0 saturated heterocycles. The quantitative estimate of drug-likeness (QED) is 0.896. The van der Waals surface area contributed by atoms with Gasteiger partial charge in [0, 0.05) is 6.54 Å². The molecule has 0 heterocycles. The molecule has 0 radical (unpaired) electrons. The van der Waals surface area contributed by atoms with Gasteiger partial charge in [-0.05, 0) is 48.2 Å². The molecule has 0 saturated carbocycles. The highest BCUT2D eigenvalue weighted by molar-refractivity contribution is 7.89. The number of aromatic carboxylic acids is 1. The van der Waals surface area contributed by atoms with Crippen LogP contribution in [0.4, 0.5) is 0 Å². The molecule has 0 unspecified atom stereocenters. The van der Waals surface area contributed by atoms with Crippen LogP contribution in [0.1, 0.15) is 27.0 Å². The van der Waals surface area contributed by atoms with Crippen molar-refractivity contribution < 1.29 is 18.3 Å². The molecule has 0 fully saturated rings. The predicted octanol–water partition coefficient (Wildman–Crippen LogP) is 1.15. The number of carbonyl (C=O) groups is 1. The monoisotopic (exact) mass is 318 g/mol. The minimum Gasteiger partial charge on any atom is -0.545 e. The molecule has 6 heteroatoms. The van der Waals surface area contributed by atoms with E-state index >= 15 is 0 Å². The molecule has 1 N–H and O–H groups in total. The van der Waals surface area contributed by atoms with Crippen molar-refractivity contribution in [3.05, 3.63) is 64.7 Å². The first-order chi connectivity index (χ1) is 10.3. The standard InChI is InChI=1S/C16H17NO4S/c1-11-3-8-15(9-12(11)2)22(20,21)17-10-13-4-6-14(7-5-13)16(18)19/h3-9,17H,10H2,1-2H3,(H,18,19)/p-1. The molecule has 5 nitrogen and oxygen atoms in total. The number of hydrogen-bond donors (Lipinski definition) is 1. The average molecular weight is 318 g/mol. The van der Waals surface area contributed by atoms with Crippen LogP contribution in [0.5, 0.6) is 0 Å². The molecule has 0 bridgehead atoms. The second-order valence-corrected chi connectivity index (χ2v) is 6.82. The van der Waals surface area contributed by atoms with E-state index in [1.54, 1.807) is 30.3 Å². The van der Waals surface area contributed by atoms with Crippen LogP contribution in [0.25, 0.3) is 0 Å². The van der Waals surface area contributed by atoms with E-state index in [1.807, 2.05) is 13.8 Å². The predicted molar refractivity (Wildman–Crippen MR) is 80.7 cm³/mol. The Morgan fingerprint density at radius 1 is 1.05 bits per heavy atom. The third-order valence-corrected chi connectivity index (χ3v) is 4.84. The Morgan fingerprint density at radius 3 is 2.23 bits per heavy atom. The number of sulfonamides is 1. The summed E-state index contributed by atoms with van der Waals surface area (Å²) in [4.78, 5) is 10.9. The van der Waals surface area contributed by atoms with E-state index < -0.39 is 16.0 Å². The van der Waals surface area contributed by atoms with Crippen LogP contribution in [-0.4, -0.2) is 14.4 Å². The highest BCUT2D eigenvalue weighted by Crippen LogP contribution is 2.15. The van der Waals surface area contributed by atoms with Crippen LogP contribution in [0.15, 0.2) is 47.4 Å².